The number of aliphatic hydroxyl groups excluding tert-OH is 1. The Balaban J connectivity index is 2.55. The molecular weight excluding hydrogens is 254 g/mol. The molecule has 1 aromatic rings. The van der Waals surface area contributed by atoms with Gasteiger partial charge in [-0.1, -0.05) is 27.7 Å². The van der Waals surface area contributed by atoms with Crippen molar-refractivity contribution in [3.63, 3.8) is 0 Å². The fraction of sp³-hybridized carbons (Fsp3) is 0.733. The number of hydrogen-bond donors (Lipinski definition) is 2. The number of ether oxygens (including phenoxy) is 1. The number of aliphatic hydroxyl groups is 1. The predicted octanol–water partition coefficient (Wildman–Crippen LogP) is 2.53. The van der Waals surface area contributed by atoms with Gasteiger partial charge in [0, 0.05) is 30.8 Å². The summed E-state index contributed by atoms with van der Waals surface area (Å²) in [6.07, 6.45) is 0.887. The first-order valence-electron chi connectivity index (χ1n) is 7.36. The zero-order valence-electron chi connectivity index (χ0n) is 13.0. The summed E-state index contributed by atoms with van der Waals surface area (Å²) in [5.41, 5.74) is 1.07. The van der Waals surface area contributed by atoms with Crippen molar-refractivity contribution in [1.82, 2.24) is 9.97 Å². The highest BCUT2D eigenvalue weighted by Crippen LogP contribution is 2.19. The molecule has 0 saturated heterocycles. The summed E-state index contributed by atoms with van der Waals surface area (Å²) in [4.78, 5) is 9.14. The molecule has 0 fully saturated rings. The Bertz CT molecular complexity index is 368. The number of nitrogens with one attached hydrogen (secondary N) is 1. The smallest absolute Gasteiger partial charge is 0.133 e. The second-order valence-electron chi connectivity index (χ2n) is 5.46. The first kappa shape index (κ1) is 16.9. The molecule has 20 heavy (non-hydrogen) atoms. The summed E-state index contributed by atoms with van der Waals surface area (Å²) < 4.78 is 5.22. The highest BCUT2D eigenvalue weighted by atomic mass is 16.5. The van der Waals surface area contributed by atoms with E-state index < -0.39 is 0 Å². The topological polar surface area (TPSA) is 67.3 Å². The second-order valence-corrected chi connectivity index (χ2v) is 5.46. The van der Waals surface area contributed by atoms with Gasteiger partial charge in [0.1, 0.15) is 11.6 Å². The van der Waals surface area contributed by atoms with Gasteiger partial charge < -0.3 is 15.2 Å². The van der Waals surface area contributed by atoms with Crippen molar-refractivity contribution in [3.05, 3.63) is 17.6 Å². The Morgan fingerprint density at radius 3 is 2.50 bits per heavy atom. The normalized spacial score (nSPS) is 11.3. The lowest BCUT2D eigenvalue weighted by Gasteiger charge is -2.13. The van der Waals surface area contributed by atoms with Gasteiger partial charge in [0.2, 0.25) is 0 Å². The molecule has 1 aromatic heterocycles. The van der Waals surface area contributed by atoms with Crippen molar-refractivity contribution in [2.45, 2.75) is 46.0 Å². The molecule has 0 aliphatic rings. The fourth-order valence-electron chi connectivity index (χ4n) is 1.69. The van der Waals surface area contributed by atoms with Crippen LogP contribution in [0, 0.1) is 0 Å². The van der Waals surface area contributed by atoms with Crippen LogP contribution in [0.15, 0.2) is 6.07 Å². The maximum atomic E-state index is 8.61. The van der Waals surface area contributed by atoms with Gasteiger partial charge in [0.25, 0.3) is 0 Å². The van der Waals surface area contributed by atoms with E-state index in [9.17, 15) is 0 Å². The minimum absolute atomic E-state index is 0.0782. The van der Waals surface area contributed by atoms with E-state index in [2.05, 4.69) is 43.0 Å². The quantitative estimate of drug-likeness (QED) is 0.681. The van der Waals surface area contributed by atoms with Crippen molar-refractivity contribution in [2.24, 2.45) is 0 Å². The zero-order chi connectivity index (χ0) is 15.0. The molecule has 1 heterocycles. The van der Waals surface area contributed by atoms with Crippen LogP contribution in [-0.2, 0) is 4.74 Å². The van der Waals surface area contributed by atoms with Crippen molar-refractivity contribution in [2.75, 3.05) is 31.7 Å². The third-order valence-corrected chi connectivity index (χ3v) is 2.88. The van der Waals surface area contributed by atoms with Gasteiger partial charge in [-0.2, -0.15) is 0 Å². The molecule has 1 rings (SSSR count). The predicted molar refractivity (Wildman–Crippen MR) is 81.2 cm³/mol. The van der Waals surface area contributed by atoms with Crippen LogP contribution in [0.2, 0.25) is 0 Å². The second kappa shape index (κ2) is 8.87. The summed E-state index contributed by atoms with van der Waals surface area (Å²) >= 11 is 0. The first-order chi connectivity index (χ1) is 9.54. The molecule has 0 unspecified atom stereocenters. The molecule has 0 spiro atoms. The molecule has 0 bridgehead atoms. The van der Waals surface area contributed by atoms with Crippen molar-refractivity contribution in [1.29, 1.82) is 0 Å². The zero-order valence-corrected chi connectivity index (χ0v) is 13.0. The third-order valence-electron chi connectivity index (χ3n) is 2.88. The Morgan fingerprint density at radius 1 is 1.15 bits per heavy atom. The van der Waals surface area contributed by atoms with Gasteiger partial charge in [-0.05, 0) is 12.3 Å². The summed E-state index contributed by atoms with van der Waals surface area (Å²) in [5.74, 6) is 2.48. The lowest BCUT2D eigenvalue weighted by molar-refractivity contribution is 0.0922. The Morgan fingerprint density at radius 2 is 1.90 bits per heavy atom. The van der Waals surface area contributed by atoms with E-state index in [1.165, 1.54) is 0 Å². The van der Waals surface area contributed by atoms with Crippen LogP contribution >= 0.6 is 0 Å². The molecule has 0 aliphatic carbocycles. The molecule has 0 amide bonds. The van der Waals surface area contributed by atoms with Crippen LogP contribution in [0.3, 0.4) is 0 Å². The van der Waals surface area contributed by atoms with Crippen LogP contribution in [0.25, 0.3) is 0 Å². The van der Waals surface area contributed by atoms with Gasteiger partial charge in [0.05, 0.1) is 13.2 Å². The highest BCUT2D eigenvalue weighted by molar-refractivity contribution is 5.37. The number of nitrogens with zero attached hydrogens (tertiary/aromatic N) is 2. The third kappa shape index (κ3) is 5.84. The lowest BCUT2D eigenvalue weighted by Crippen LogP contribution is -2.11. The molecule has 0 aliphatic heterocycles. The Hall–Kier alpha value is -1.20. The Kier molecular flexibility index (Phi) is 7.47. The van der Waals surface area contributed by atoms with Gasteiger partial charge in [-0.25, -0.2) is 9.97 Å². The minimum atomic E-state index is 0.0782. The van der Waals surface area contributed by atoms with E-state index in [0.717, 1.165) is 30.3 Å². The standard InChI is InChI=1S/C15H27N3O2/c1-11(2)13-10-14(18-15(17-13)12(3)4)16-6-5-8-20-9-7-19/h10-12,19H,5-9H2,1-4H3,(H,16,17,18). The van der Waals surface area contributed by atoms with Crippen LogP contribution in [0.4, 0.5) is 5.82 Å². The molecule has 2 N–H and O–H groups in total. The first-order valence-corrected chi connectivity index (χ1v) is 7.36. The van der Waals surface area contributed by atoms with Crippen LogP contribution < -0.4 is 5.32 Å². The average molecular weight is 281 g/mol. The molecule has 5 heteroatoms. The highest BCUT2D eigenvalue weighted by Gasteiger charge is 2.10. The summed E-state index contributed by atoms with van der Waals surface area (Å²) in [5, 5.41) is 11.9. The summed E-state index contributed by atoms with van der Waals surface area (Å²) in [6, 6.07) is 2.02. The average Bonchev–Trinajstić information content (AvgIpc) is 2.42. The largest absolute Gasteiger partial charge is 0.394 e. The van der Waals surface area contributed by atoms with E-state index in [1.54, 1.807) is 0 Å². The summed E-state index contributed by atoms with van der Waals surface area (Å²) in [6.45, 7) is 10.4. The molecule has 0 radical (unpaired) electrons. The van der Waals surface area contributed by atoms with Crippen molar-refractivity contribution < 1.29 is 9.84 Å². The molecule has 0 atom stereocenters. The van der Waals surface area contributed by atoms with Crippen LogP contribution in [0.1, 0.15) is 57.5 Å². The number of hydrogen-bond acceptors (Lipinski definition) is 5. The minimum Gasteiger partial charge on any atom is -0.394 e. The summed E-state index contributed by atoms with van der Waals surface area (Å²) in [7, 11) is 0. The Labute approximate surface area is 121 Å². The molecule has 114 valence electrons. The van der Waals surface area contributed by atoms with Crippen LogP contribution in [-0.4, -0.2) is 41.4 Å². The molecular formula is C15H27N3O2. The van der Waals surface area contributed by atoms with E-state index in [1.807, 2.05) is 6.07 Å². The SMILES string of the molecule is CC(C)c1cc(NCCCOCCO)nc(C(C)C)n1. The van der Waals surface area contributed by atoms with E-state index in [-0.39, 0.29) is 6.61 Å². The van der Waals surface area contributed by atoms with E-state index in [0.29, 0.717) is 25.0 Å². The monoisotopic (exact) mass is 281 g/mol. The van der Waals surface area contributed by atoms with E-state index >= 15 is 0 Å². The van der Waals surface area contributed by atoms with E-state index in [4.69, 9.17) is 9.84 Å². The van der Waals surface area contributed by atoms with Gasteiger partial charge in [-0.15, -0.1) is 0 Å². The van der Waals surface area contributed by atoms with Gasteiger partial charge >= 0.3 is 0 Å². The molecule has 5 nitrogen and oxygen atoms in total. The lowest BCUT2D eigenvalue weighted by atomic mass is 10.1. The van der Waals surface area contributed by atoms with Crippen molar-refractivity contribution in [3.8, 4) is 0 Å². The maximum Gasteiger partial charge on any atom is 0.133 e. The maximum absolute atomic E-state index is 8.61. The fourth-order valence-corrected chi connectivity index (χ4v) is 1.69. The van der Waals surface area contributed by atoms with Gasteiger partial charge in [0.15, 0.2) is 0 Å². The number of anilines is 1. The molecule has 0 saturated carbocycles. The number of rotatable bonds is 9. The van der Waals surface area contributed by atoms with Crippen LogP contribution in [0.5, 0.6) is 0 Å². The number of aromatic nitrogens is 2. The molecule has 0 aromatic carbocycles. The van der Waals surface area contributed by atoms with Crippen molar-refractivity contribution >= 4 is 5.82 Å². The van der Waals surface area contributed by atoms with Gasteiger partial charge in [-0.3, -0.25) is 0 Å².